The summed E-state index contributed by atoms with van der Waals surface area (Å²) < 4.78 is 32.5. The van der Waals surface area contributed by atoms with E-state index in [9.17, 15) is 18.3 Å². The first-order valence-electron chi connectivity index (χ1n) is 7.58. The normalized spacial score (nSPS) is 12.5. The van der Waals surface area contributed by atoms with Crippen LogP contribution in [0.4, 0.5) is 0 Å². The smallest absolute Gasteiger partial charge is 0.241 e. The molecule has 1 atom stereocenters. The van der Waals surface area contributed by atoms with E-state index >= 15 is 0 Å². The van der Waals surface area contributed by atoms with Crippen molar-refractivity contribution in [2.75, 3.05) is 12.0 Å². The minimum absolute atomic E-state index is 0.0700. The van der Waals surface area contributed by atoms with Gasteiger partial charge in [-0.25, -0.2) is 13.1 Å². The van der Waals surface area contributed by atoms with Crippen LogP contribution in [-0.2, 0) is 14.8 Å². The number of benzene rings is 2. The highest BCUT2D eigenvalue weighted by atomic mass is 35.5. The number of nitrogens with one attached hydrogen (secondary N) is 1. The molecule has 0 spiro atoms. The van der Waals surface area contributed by atoms with Gasteiger partial charge in [0, 0.05) is 0 Å². The van der Waals surface area contributed by atoms with E-state index in [1.807, 2.05) is 0 Å². The third-order valence-corrected chi connectivity index (χ3v) is 5.83. The van der Waals surface area contributed by atoms with Crippen molar-refractivity contribution in [3.8, 4) is 11.5 Å². The number of aliphatic carboxylic acids is 1. The Morgan fingerprint density at radius 3 is 2.46 bits per heavy atom. The fourth-order valence-electron chi connectivity index (χ4n) is 2.06. The van der Waals surface area contributed by atoms with E-state index in [0.29, 0.717) is 22.3 Å². The summed E-state index contributed by atoms with van der Waals surface area (Å²) in [7, 11) is -3.99. The Bertz CT molecular complexity index is 856. The number of ether oxygens (including phenoxy) is 1. The molecule has 26 heavy (non-hydrogen) atoms. The fraction of sp³-hybridized carbons (Fsp3) is 0.235. The number of para-hydroxylation sites is 1. The van der Waals surface area contributed by atoms with Crippen LogP contribution in [0.2, 0.25) is 5.02 Å². The third kappa shape index (κ3) is 5.63. The molecule has 1 unspecified atom stereocenters. The number of hydrogen-bond donors (Lipinski definition) is 1. The highest BCUT2D eigenvalue weighted by molar-refractivity contribution is 7.98. The molecule has 9 heteroatoms. The molecule has 6 nitrogen and oxygen atoms in total. The lowest BCUT2D eigenvalue weighted by molar-refractivity contribution is -0.308. The van der Waals surface area contributed by atoms with Crippen molar-refractivity contribution in [2.45, 2.75) is 17.4 Å². The first-order valence-corrected chi connectivity index (χ1v) is 10.8. The maximum Gasteiger partial charge on any atom is 0.241 e. The molecular weight excluding hydrogens is 398 g/mol. The molecule has 0 aliphatic heterocycles. The monoisotopic (exact) mass is 414 g/mol. The van der Waals surface area contributed by atoms with Gasteiger partial charge in [-0.3, -0.25) is 0 Å². The van der Waals surface area contributed by atoms with Crippen molar-refractivity contribution in [1.82, 2.24) is 4.72 Å². The second kappa shape index (κ2) is 9.27. The van der Waals surface area contributed by atoms with Crippen LogP contribution in [0.1, 0.15) is 6.42 Å². The van der Waals surface area contributed by atoms with Crippen molar-refractivity contribution in [2.24, 2.45) is 0 Å². The van der Waals surface area contributed by atoms with E-state index in [-0.39, 0.29) is 11.3 Å². The molecule has 0 radical (unpaired) electrons. The molecule has 0 saturated carbocycles. The molecule has 0 aromatic heterocycles. The fourth-order valence-corrected chi connectivity index (χ4v) is 3.92. The highest BCUT2D eigenvalue weighted by Gasteiger charge is 2.21. The van der Waals surface area contributed by atoms with Gasteiger partial charge in [-0.1, -0.05) is 23.7 Å². The molecule has 0 aliphatic rings. The van der Waals surface area contributed by atoms with Gasteiger partial charge in [-0.05, 0) is 54.8 Å². The van der Waals surface area contributed by atoms with Gasteiger partial charge in [-0.2, -0.15) is 11.8 Å². The zero-order chi connectivity index (χ0) is 19.2. The first-order chi connectivity index (χ1) is 12.3. The number of rotatable bonds is 9. The van der Waals surface area contributed by atoms with Crippen molar-refractivity contribution in [3.63, 3.8) is 0 Å². The number of carbonyl (C=O) groups is 1. The maximum absolute atomic E-state index is 12.4. The van der Waals surface area contributed by atoms with Crippen LogP contribution in [0, 0.1) is 0 Å². The Morgan fingerprint density at radius 2 is 1.88 bits per heavy atom. The SMILES string of the molecule is CSCCC(NS(=O)(=O)c1ccc(Oc2ccccc2Cl)cc1)C(=O)[O-]. The van der Waals surface area contributed by atoms with Crippen LogP contribution in [0.5, 0.6) is 11.5 Å². The summed E-state index contributed by atoms with van der Waals surface area (Å²) >= 11 is 7.43. The van der Waals surface area contributed by atoms with Gasteiger partial charge in [0.25, 0.3) is 0 Å². The van der Waals surface area contributed by atoms with E-state index in [1.165, 1.54) is 36.0 Å². The van der Waals surface area contributed by atoms with Crippen molar-refractivity contribution in [3.05, 3.63) is 53.6 Å². The van der Waals surface area contributed by atoms with E-state index < -0.39 is 22.0 Å². The van der Waals surface area contributed by atoms with Crippen LogP contribution in [-0.4, -0.2) is 32.4 Å². The Kier molecular flexibility index (Phi) is 7.33. The van der Waals surface area contributed by atoms with Gasteiger partial charge in [0.1, 0.15) is 11.5 Å². The molecule has 0 fully saturated rings. The van der Waals surface area contributed by atoms with Crippen LogP contribution in [0.15, 0.2) is 53.4 Å². The molecule has 0 aliphatic carbocycles. The molecule has 0 heterocycles. The van der Waals surface area contributed by atoms with Crippen molar-refractivity contribution >= 4 is 39.4 Å². The minimum Gasteiger partial charge on any atom is -0.548 e. The summed E-state index contributed by atoms with van der Waals surface area (Å²) in [5.41, 5.74) is 0. The number of thioether (sulfide) groups is 1. The highest BCUT2D eigenvalue weighted by Crippen LogP contribution is 2.29. The van der Waals surface area contributed by atoms with Gasteiger partial charge in [0.05, 0.1) is 21.9 Å². The van der Waals surface area contributed by atoms with E-state index in [1.54, 1.807) is 30.5 Å². The van der Waals surface area contributed by atoms with Crippen LogP contribution in [0.25, 0.3) is 0 Å². The Balaban J connectivity index is 2.13. The van der Waals surface area contributed by atoms with Crippen molar-refractivity contribution < 1.29 is 23.1 Å². The van der Waals surface area contributed by atoms with Gasteiger partial charge < -0.3 is 14.6 Å². The second-order valence-corrected chi connectivity index (χ2v) is 8.39. The van der Waals surface area contributed by atoms with E-state index in [2.05, 4.69) is 4.72 Å². The summed E-state index contributed by atoms with van der Waals surface area (Å²) in [6.07, 6.45) is 1.94. The molecule has 0 bridgehead atoms. The van der Waals surface area contributed by atoms with E-state index in [4.69, 9.17) is 16.3 Å². The van der Waals surface area contributed by atoms with Crippen LogP contribution in [0.3, 0.4) is 0 Å². The first kappa shape index (κ1) is 20.6. The van der Waals surface area contributed by atoms with E-state index in [0.717, 1.165) is 0 Å². The average molecular weight is 415 g/mol. The summed E-state index contributed by atoms with van der Waals surface area (Å²) in [4.78, 5) is 11.1. The van der Waals surface area contributed by atoms with Gasteiger partial charge in [0.2, 0.25) is 10.0 Å². The predicted octanol–water partition coefficient (Wildman–Crippen LogP) is 2.28. The molecular formula is C17H17ClNO5S2-. The lowest BCUT2D eigenvalue weighted by Gasteiger charge is -2.19. The van der Waals surface area contributed by atoms with Gasteiger partial charge in [-0.15, -0.1) is 0 Å². The lowest BCUT2D eigenvalue weighted by Crippen LogP contribution is -2.48. The lowest BCUT2D eigenvalue weighted by atomic mass is 10.2. The summed E-state index contributed by atoms with van der Waals surface area (Å²) in [6, 6.07) is 11.2. The quantitative estimate of drug-likeness (QED) is 0.676. The van der Waals surface area contributed by atoms with Crippen molar-refractivity contribution in [1.29, 1.82) is 0 Å². The standard InChI is InChI=1S/C17H18ClNO5S2/c1-25-11-10-15(17(20)21)19-26(22,23)13-8-6-12(7-9-13)24-16-5-3-2-4-14(16)18/h2-9,15,19H,10-11H2,1H3,(H,20,21)/p-1. The summed E-state index contributed by atoms with van der Waals surface area (Å²) in [6.45, 7) is 0. The van der Waals surface area contributed by atoms with Crippen LogP contribution < -0.4 is 14.6 Å². The Morgan fingerprint density at radius 1 is 1.23 bits per heavy atom. The second-order valence-electron chi connectivity index (χ2n) is 5.28. The third-order valence-electron chi connectivity index (χ3n) is 3.39. The molecule has 0 amide bonds. The molecule has 0 saturated heterocycles. The zero-order valence-electron chi connectivity index (χ0n) is 13.8. The largest absolute Gasteiger partial charge is 0.548 e. The average Bonchev–Trinajstić information content (AvgIpc) is 2.61. The number of halogens is 1. The number of carboxylic acids is 1. The molecule has 2 aromatic rings. The Labute approximate surface area is 161 Å². The number of hydrogen-bond acceptors (Lipinski definition) is 6. The predicted molar refractivity (Wildman–Crippen MR) is 100 cm³/mol. The van der Waals surface area contributed by atoms with Gasteiger partial charge in [0.15, 0.2) is 0 Å². The molecule has 2 aromatic carbocycles. The van der Waals surface area contributed by atoms with Crippen LogP contribution >= 0.6 is 23.4 Å². The summed E-state index contributed by atoms with van der Waals surface area (Å²) in [5, 5.41) is 11.6. The number of sulfonamides is 1. The van der Waals surface area contributed by atoms with Gasteiger partial charge >= 0.3 is 0 Å². The zero-order valence-corrected chi connectivity index (χ0v) is 16.2. The summed E-state index contributed by atoms with van der Waals surface area (Å²) in [5.74, 6) is -0.125. The minimum atomic E-state index is -3.99. The molecule has 1 N–H and O–H groups in total. The molecule has 140 valence electrons. The topological polar surface area (TPSA) is 95.5 Å². The maximum atomic E-state index is 12.4. The number of carbonyl (C=O) groups excluding carboxylic acids is 1. The Hall–Kier alpha value is -1.74. The number of carboxylic acid groups (broad SMARTS) is 1. The molecule has 2 rings (SSSR count).